The Hall–Kier alpha value is -1.47. The van der Waals surface area contributed by atoms with Crippen molar-refractivity contribution in [1.29, 1.82) is 0 Å². The highest BCUT2D eigenvalue weighted by Crippen LogP contribution is 2.22. The molecule has 0 aliphatic carbocycles. The number of carbonyl (C=O) groups is 2. The van der Waals surface area contributed by atoms with Crippen LogP contribution in [0.15, 0.2) is 0 Å². The summed E-state index contributed by atoms with van der Waals surface area (Å²) < 4.78 is 41.3. The quantitative estimate of drug-likeness (QED) is 0.871. The fraction of sp³-hybridized carbons (Fsp3) is 0.846. The molecule has 5 nitrogen and oxygen atoms in total. The largest absolute Gasteiger partial charge is 0.444 e. The molecule has 0 bridgehead atoms. The lowest BCUT2D eigenvalue weighted by Gasteiger charge is -2.22. The van der Waals surface area contributed by atoms with E-state index in [1.807, 2.05) is 0 Å². The van der Waals surface area contributed by atoms with Crippen molar-refractivity contribution in [3.8, 4) is 0 Å². The van der Waals surface area contributed by atoms with Gasteiger partial charge in [-0.05, 0) is 27.2 Å². The molecule has 1 aliphatic heterocycles. The molecular weight excluding hydrogens is 289 g/mol. The number of rotatable bonds is 3. The second-order valence-electron chi connectivity index (χ2n) is 6.09. The minimum atomic E-state index is -4.33. The van der Waals surface area contributed by atoms with Gasteiger partial charge in [0.2, 0.25) is 5.91 Å². The first kappa shape index (κ1) is 17.6. The van der Waals surface area contributed by atoms with Crippen LogP contribution in [0.3, 0.4) is 0 Å². The molecule has 0 aromatic heterocycles. The van der Waals surface area contributed by atoms with Gasteiger partial charge < -0.3 is 15.0 Å². The van der Waals surface area contributed by atoms with Crippen LogP contribution in [0.25, 0.3) is 0 Å². The van der Waals surface area contributed by atoms with Crippen LogP contribution in [-0.4, -0.2) is 47.8 Å². The van der Waals surface area contributed by atoms with Gasteiger partial charge in [-0.1, -0.05) is 0 Å². The van der Waals surface area contributed by atoms with Crippen LogP contribution in [0.5, 0.6) is 0 Å². The zero-order chi connectivity index (χ0) is 16.3. The molecule has 0 aromatic carbocycles. The molecule has 21 heavy (non-hydrogen) atoms. The molecule has 8 heteroatoms. The molecule has 1 saturated heterocycles. The lowest BCUT2D eigenvalue weighted by molar-refractivity contribution is -0.148. The maximum Gasteiger partial charge on any atom is 0.407 e. The zero-order valence-electron chi connectivity index (χ0n) is 12.4. The van der Waals surface area contributed by atoms with Crippen LogP contribution in [0.2, 0.25) is 0 Å². The number of carbonyl (C=O) groups excluding carboxylic acids is 2. The molecule has 1 heterocycles. The summed E-state index contributed by atoms with van der Waals surface area (Å²) in [5.41, 5.74) is -0.620. The van der Waals surface area contributed by atoms with E-state index in [0.29, 0.717) is 13.0 Å². The lowest BCUT2D eigenvalue weighted by atomic mass is 10.2. The number of hydrogen-bond acceptors (Lipinski definition) is 3. The maximum atomic E-state index is 12.1. The average molecular weight is 310 g/mol. The highest BCUT2D eigenvalue weighted by molar-refractivity contribution is 5.76. The smallest absolute Gasteiger partial charge is 0.407 e. The van der Waals surface area contributed by atoms with Gasteiger partial charge in [-0.25, -0.2) is 4.79 Å². The van der Waals surface area contributed by atoms with Gasteiger partial charge in [0, 0.05) is 19.5 Å². The van der Waals surface area contributed by atoms with E-state index in [2.05, 4.69) is 5.32 Å². The lowest BCUT2D eigenvalue weighted by Crippen LogP contribution is -2.41. The Labute approximate surface area is 121 Å². The second kappa shape index (κ2) is 6.53. The molecule has 0 spiro atoms. The van der Waals surface area contributed by atoms with Gasteiger partial charge in [0.1, 0.15) is 5.60 Å². The summed E-state index contributed by atoms with van der Waals surface area (Å²) >= 11 is 0. The van der Waals surface area contributed by atoms with Crippen LogP contribution in [0, 0.1) is 0 Å². The van der Waals surface area contributed by atoms with Crippen LogP contribution < -0.4 is 5.32 Å². The Morgan fingerprint density at radius 2 is 1.90 bits per heavy atom. The van der Waals surface area contributed by atoms with Crippen molar-refractivity contribution in [2.45, 2.75) is 57.9 Å². The average Bonchev–Trinajstić information content (AvgIpc) is 2.70. The third-order valence-electron chi connectivity index (χ3n) is 2.88. The Balaban J connectivity index is 2.35. The van der Waals surface area contributed by atoms with Crippen LogP contribution in [0.1, 0.15) is 40.0 Å². The fourth-order valence-corrected chi connectivity index (χ4v) is 1.99. The van der Waals surface area contributed by atoms with Crippen molar-refractivity contribution in [2.24, 2.45) is 0 Å². The number of alkyl carbamates (subject to hydrolysis) is 1. The molecule has 0 aromatic rings. The van der Waals surface area contributed by atoms with Crippen LogP contribution in [0.4, 0.5) is 18.0 Å². The SMILES string of the molecule is CC(C)(C)OC(=O)N[C@H]1CCN(C(=O)CCC(F)(F)F)C1. The number of nitrogens with zero attached hydrogens (tertiary/aromatic N) is 1. The monoisotopic (exact) mass is 310 g/mol. The number of alkyl halides is 3. The number of amides is 2. The van der Waals surface area contributed by atoms with E-state index < -0.39 is 36.6 Å². The fourth-order valence-electron chi connectivity index (χ4n) is 1.99. The van der Waals surface area contributed by atoms with Gasteiger partial charge >= 0.3 is 12.3 Å². The van der Waals surface area contributed by atoms with Gasteiger partial charge in [-0.2, -0.15) is 13.2 Å². The number of halogens is 3. The highest BCUT2D eigenvalue weighted by Gasteiger charge is 2.32. The third kappa shape index (κ3) is 7.19. The summed E-state index contributed by atoms with van der Waals surface area (Å²) in [5, 5.41) is 2.62. The van der Waals surface area contributed by atoms with E-state index in [9.17, 15) is 22.8 Å². The highest BCUT2D eigenvalue weighted by atomic mass is 19.4. The molecule has 1 N–H and O–H groups in total. The van der Waals surface area contributed by atoms with E-state index in [-0.39, 0.29) is 12.6 Å². The summed E-state index contributed by atoms with van der Waals surface area (Å²) in [4.78, 5) is 24.5. The zero-order valence-corrected chi connectivity index (χ0v) is 12.4. The van der Waals surface area contributed by atoms with Crippen molar-refractivity contribution < 1.29 is 27.5 Å². The van der Waals surface area contributed by atoms with Gasteiger partial charge in [-0.15, -0.1) is 0 Å². The first-order chi connectivity index (χ1) is 9.46. The van der Waals surface area contributed by atoms with E-state index in [0.717, 1.165) is 0 Å². The van der Waals surface area contributed by atoms with Crippen molar-refractivity contribution >= 4 is 12.0 Å². The Kier molecular flexibility index (Phi) is 5.47. The molecule has 1 atom stereocenters. The summed E-state index contributed by atoms with van der Waals surface area (Å²) in [7, 11) is 0. The summed E-state index contributed by atoms with van der Waals surface area (Å²) in [6.45, 7) is 5.75. The van der Waals surface area contributed by atoms with Crippen molar-refractivity contribution in [3.05, 3.63) is 0 Å². The predicted octanol–water partition coefficient (Wildman–Crippen LogP) is 2.45. The van der Waals surface area contributed by atoms with Crippen LogP contribution in [-0.2, 0) is 9.53 Å². The minimum absolute atomic E-state index is 0.218. The van der Waals surface area contributed by atoms with Gasteiger partial charge in [0.05, 0.1) is 12.5 Å². The van der Waals surface area contributed by atoms with E-state index in [1.165, 1.54) is 4.90 Å². The number of likely N-dealkylation sites (tertiary alicyclic amines) is 1. The van der Waals surface area contributed by atoms with E-state index in [1.54, 1.807) is 20.8 Å². The summed E-state index contributed by atoms with van der Waals surface area (Å²) in [6, 6.07) is -0.283. The Bertz CT molecular complexity index is 391. The van der Waals surface area contributed by atoms with Crippen molar-refractivity contribution in [3.63, 3.8) is 0 Å². The molecule has 0 saturated carbocycles. The molecule has 1 rings (SSSR count). The first-order valence-corrected chi connectivity index (χ1v) is 6.80. The standard InChI is InChI=1S/C13H21F3N2O3/c1-12(2,3)21-11(20)17-9-5-7-18(8-9)10(19)4-6-13(14,15)16/h9H,4-8H2,1-3H3,(H,17,20)/t9-/m0/s1. The van der Waals surface area contributed by atoms with Crippen LogP contribution >= 0.6 is 0 Å². The molecule has 1 fully saturated rings. The minimum Gasteiger partial charge on any atom is -0.444 e. The molecule has 122 valence electrons. The Morgan fingerprint density at radius 3 is 2.43 bits per heavy atom. The topological polar surface area (TPSA) is 58.6 Å². The number of nitrogens with one attached hydrogen (secondary N) is 1. The van der Waals surface area contributed by atoms with Crippen molar-refractivity contribution in [2.75, 3.05) is 13.1 Å². The number of hydrogen-bond donors (Lipinski definition) is 1. The normalized spacial score (nSPS) is 19.5. The molecule has 0 unspecified atom stereocenters. The third-order valence-corrected chi connectivity index (χ3v) is 2.88. The molecule has 0 radical (unpaired) electrons. The molecule has 1 aliphatic rings. The van der Waals surface area contributed by atoms with E-state index >= 15 is 0 Å². The van der Waals surface area contributed by atoms with Crippen molar-refractivity contribution in [1.82, 2.24) is 10.2 Å². The first-order valence-electron chi connectivity index (χ1n) is 6.80. The summed E-state index contributed by atoms with van der Waals surface area (Å²) in [6.07, 6.45) is -6.08. The number of ether oxygens (including phenoxy) is 1. The van der Waals surface area contributed by atoms with E-state index in [4.69, 9.17) is 4.74 Å². The Morgan fingerprint density at radius 1 is 1.29 bits per heavy atom. The predicted molar refractivity (Wildman–Crippen MR) is 69.6 cm³/mol. The maximum absolute atomic E-state index is 12.1. The van der Waals surface area contributed by atoms with Gasteiger partial charge in [0.15, 0.2) is 0 Å². The molecule has 2 amide bonds. The molecular formula is C13H21F3N2O3. The van der Waals surface area contributed by atoms with Gasteiger partial charge in [-0.3, -0.25) is 4.79 Å². The summed E-state index contributed by atoms with van der Waals surface area (Å²) in [5.74, 6) is -0.541. The van der Waals surface area contributed by atoms with Gasteiger partial charge in [0.25, 0.3) is 0 Å². The second-order valence-corrected chi connectivity index (χ2v) is 6.09.